The number of methoxy groups -OCH3 is 1. The molecule has 5 aromatic rings. The number of amides is 1. The second-order valence-corrected chi connectivity index (χ2v) is 10.3. The van der Waals surface area contributed by atoms with Crippen LogP contribution >= 0.6 is 11.3 Å². The smallest absolute Gasteiger partial charge is 0.247 e. The van der Waals surface area contributed by atoms with Crippen molar-refractivity contribution in [2.24, 2.45) is 0 Å². The Hall–Kier alpha value is -4.41. The van der Waals surface area contributed by atoms with Gasteiger partial charge in [0.2, 0.25) is 11.9 Å². The van der Waals surface area contributed by atoms with E-state index in [-0.39, 0.29) is 5.91 Å². The highest BCUT2D eigenvalue weighted by molar-refractivity contribution is 7.17. The lowest BCUT2D eigenvalue weighted by Crippen LogP contribution is -2.29. The normalized spacial score (nSPS) is 11.2. The number of fused-ring (bicyclic) bond motifs is 2. The number of rotatable bonds is 10. The van der Waals surface area contributed by atoms with E-state index in [1.54, 1.807) is 18.4 Å². The van der Waals surface area contributed by atoms with Crippen molar-refractivity contribution < 1.29 is 9.53 Å². The first-order valence-corrected chi connectivity index (χ1v) is 13.4. The highest BCUT2D eigenvalue weighted by Gasteiger charge is 2.19. The van der Waals surface area contributed by atoms with Crippen LogP contribution in [0.15, 0.2) is 66.7 Å². The van der Waals surface area contributed by atoms with Gasteiger partial charge in [0.05, 0.1) is 40.1 Å². The standard InChI is InChI=1S/C29H31N7O2S/c1-6-26(37)31-22-15-23(25(38-5)16-24(22)36(4)13-12-35(2)3)33-29-32-21-11-14-39-28(21)27(34-29)19-17-30-20-10-8-7-9-18(19)20/h6-11,14-17,30H,1,12-13H2,2-5H3,(H,31,37)(H,32,33,34). The van der Waals surface area contributed by atoms with Gasteiger partial charge in [-0.2, -0.15) is 0 Å². The lowest BCUT2D eigenvalue weighted by molar-refractivity contribution is -0.111. The van der Waals surface area contributed by atoms with Gasteiger partial charge in [-0.3, -0.25) is 4.79 Å². The summed E-state index contributed by atoms with van der Waals surface area (Å²) in [6, 6.07) is 13.9. The molecule has 10 heteroatoms. The monoisotopic (exact) mass is 541 g/mol. The third-order valence-corrected chi connectivity index (χ3v) is 7.36. The largest absolute Gasteiger partial charge is 0.494 e. The lowest BCUT2D eigenvalue weighted by Gasteiger charge is -2.26. The summed E-state index contributed by atoms with van der Waals surface area (Å²) in [6.07, 6.45) is 3.24. The number of para-hydroxylation sites is 1. The average Bonchev–Trinajstić information content (AvgIpc) is 3.58. The number of anilines is 4. The number of carbonyl (C=O) groups is 1. The number of aromatic amines is 1. The number of ether oxygens (including phenoxy) is 1. The van der Waals surface area contributed by atoms with E-state index >= 15 is 0 Å². The van der Waals surface area contributed by atoms with Crippen molar-refractivity contribution in [2.45, 2.75) is 0 Å². The van der Waals surface area contributed by atoms with E-state index in [1.165, 1.54) is 6.08 Å². The summed E-state index contributed by atoms with van der Waals surface area (Å²) in [5, 5.41) is 9.39. The second kappa shape index (κ2) is 11.1. The van der Waals surface area contributed by atoms with Crippen molar-refractivity contribution in [3.63, 3.8) is 0 Å². The molecule has 5 rings (SSSR count). The van der Waals surface area contributed by atoms with Crippen LogP contribution in [-0.4, -0.2) is 67.1 Å². The number of likely N-dealkylation sites (N-methyl/N-ethyl adjacent to an activating group) is 2. The first kappa shape index (κ1) is 26.2. The van der Waals surface area contributed by atoms with Crippen LogP contribution in [0.1, 0.15) is 0 Å². The zero-order valence-corrected chi connectivity index (χ0v) is 23.2. The van der Waals surface area contributed by atoms with Gasteiger partial charge in [-0.05, 0) is 43.8 Å². The van der Waals surface area contributed by atoms with Gasteiger partial charge < -0.3 is 30.2 Å². The number of carbonyl (C=O) groups excluding carboxylic acids is 1. The molecule has 1 amide bonds. The maximum atomic E-state index is 12.3. The van der Waals surface area contributed by atoms with Crippen molar-refractivity contribution in [3.05, 3.63) is 66.7 Å². The molecule has 0 aliphatic heterocycles. The van der Waals surface area contributed by atoms with E-state index in [4.69, 9.17) is 14.7 Å². The van der Waals surface area contributed by atoms with Crippen molar-refractivity contribution in [3.8, 4) is 17.0 Å². The van der Waals surface area contributed by atoms with Crippen LogP contribution in [-0.2, 0) is 4.79 Å². The highest BCUT2D eigenvalue weighted by Crippen LogP contribution is 2.40. The molecule has 0 unspecified atom stereocenters. The molecular formula is C29H31N7O2S. The fourth-order valence-corrected chi connectivity index (χ4v) is 5.23. The van der Waals surface area contributed by atoms with Gasteiger partial charge in [-0.15, -0.1) is 11.3 Å². The van der Waals surface area contributed by atoms with Gasteiger partial charge in [0.25, 0.3) is 0 Å². The molecule has 0 aliphatic rings. The van der Waals surface area contributed by atoms with E-state index in [1.807, 2.05) is 69.1 Å². The third-order valence-electron chi connectivity index (χ3n) is 6.45. The zero-order chi connectivity index (χ0) is 27.5. The molecule has 0 radical (unpaired) electrons. The fraction of sp³-hybridized carbons (Fsp3) is 0.207. The van der Waals surface area contributed by atoms with Crippen LogP contribution in [0.2, 0.25) is 0 Å². The predicted molar refractivity (Wildman–Crippen MR) is 162 cm³/mol. The quantitative estimate of drug-likeness (QED) is 0.195. The molecule has 0 saturated heterocycles. The Morgan fingerprint density at radius 3 is 2.72 bits per heavy atom. The third kappa shape index (κ3) is 5.43. The minimum atomic E-state index is -0.300. The van der Waals surface area contributed by atoms with Crippen molar-refractivity contribution >= 4 is 61.4 Å². The van der Waals surface area contributed by atoms with E-state index in [9.17, 15) is 4.79 Å². The number of hydrogen-bond donors (Lipinski definition) is 3. The van der Waals surface area contributed by atoms with Crippen molar-refractivity contribution in [1.82, 2.24) is 19.9 Å². The molecule has 0 saturated carbocycles. The van der Waals surface area contributed by atoms with Crippen LogP contribution in [0.5, 0.6) is 5.75 Å². The van der Waals surface area contributed by atoms with Crippen LogP contribution in [0.3, 0.4) is 0 Å². The number of aromatic nitrogens is 3. The Kier molecular flexibility index (Phi) is 7.49. The lowest BCUT2D eigenvalue weighted by atomic mass is 10.1. The molecule has 0 fully saturated rings. The Morgan fingerprint density at radius 1 is 1.13 bits per heavy atom. The summed E-state index contributed by atoms with van der Waals surface area (Å²) in [7, 11) is 7.65. The van der Waals surface area contributed by atoms with Crippen molar-refractivity contribution in [2.75, 3.05) is 56.9 Å². The van der Waals surface area contributed by atoms with Gasteiger partial charge >= 0.3 is 0 Å². The van der Waals surface area contributed by atoms with Crippen LogP contribution in [0.25, 0.3) is 32.4 Å². The summed E-state index contributed by atoms with van der Waals surface area (Å²) < 4.78 is 6.77. The molecule has 0 aliphatic carbocycles. The predicted octanol–water partition coefficient (Wildman–Crippen LogP) is 5.71. The van der Waals surface area contributed by atoms with E-state index < -0.39 is 0 Å². The minimum Gasteiger partial charge on any atom is -0.494 e. The maximum absolute atomic E-state index is 12.3. The fourth-order valence-electron chi connectivity index (χ4n) is 4.40. The average molecular weight is 542 g/mol. The van der Waals surface area contributed by atoms with Crippen LogP contribution in [0.4, 0.5) is 23.0 Å². The van der Waals surface area contributed by atoms with E-state index in [2.05, 4.69) is 38.1 Å². The molecular weight excluding hydrogens is 510 g/mol. The highest BCUT2D eigenvalue weighted by atomic mass is 32.1. The van der Waals surface area contributed by atoms with Gasteiger partial charge in [0.1, 0.15) is 5.75 Å². The Labute approximate surface area is 231 Å². The number of benzene rings is 2. The number of H-pyrrole nitrogens is 1. The summed E-state index contributed by atoms with van der Waals surface area (Å²) in [4.78, 5) is 29.6. The van der Waals surface area contributed by atoms with Gasteiger partial charge in [0, 0.05) is 48.9 Å². The molecule has 3 N–H and O–H groups in total. The Morgan fingerprint density at radius 2 is 1.95 bits per heavy atom. The molecule has 3 aromatic heterocycles. The first-order chi connectivity index (χ1) is 18.9. The molecule has 3 heterocycles. The molecule has 2 aromatic carbocycles. The summed E-state index contributed by atoms with van der Waals surface area (Å²) in [6.45, 7) is 5.20. The van der Waals surface area contributed by atoms with Gasteiger partial charge in [-0.25, -0.2) is 9.97 Å². The van der Waals surface area contributed by atoms with Gasteiger partial charge in [-0.1, -0.05) is 24.8 Å². The minimum absolute atomic E-state index is 0.300. The van der Waals surface area contributed by atoms with E-state index in [0.29, 0.717) is 23.1 Å². The molecule has 0 spiro atoms. The number of thiophene rings is 1. The van der Waals surface area contributed by atoms with E-state index in [0.717, 1.165) is 51.2 Å². The van der Waals surface area contributed by atoms with Gasteiger partial charge in [0.15, 0.2) is 0 Å². The topological polar surface area (TPSA) is 98.4 Å². The number of nitrogens with zero attached hydrogens (tertiary/aromatic N) is 4. The summed E-state index contributed by atoms with van der Waals surface area (Å²) in [5.41, 5.74) is 5.81. The summed E-state index contributed by atoms with van der Waals surface area (Å²) in [5.74, 6) is 0.723. The van der Waals surface area contributed by atoms with Crippen LogP contribution in [0, 0.1) is 0 Å². The Balaban J connectivity index is 1.58. The number of hydrogen-bond acceptors (Lipinski definition) is 8. The first-order valence-electron chi connectivity index (χ1n) is 12.5. The second-order valence-electron chi connectivity index (χ2n) is 9.39. The summed E-state index contributed by atoms with van der Waals surface area (Å²) >= 11 is 1.61. The van der Waals surface area contributed by atoms with Crippen molar-refractivity contribution in [1.29, 1.82) is 0 Å². The molecule has 39 heavy (non-hydrogen) atoms. The SMILES string of the molecule is C=CC(=O)Nc1cc(Nc2nc(-c3c[nH]c4ccccc34)c3sccc3n2)c(OC)cc1N(C)CCN(C)C. The Bertz CT molecular complexity index is 1660. The molecule has 200 valence electrons. The molecule has 0 atom stereocenters. The zero-order valence-electron chi connectivity index (χ0n) is 22.4. The van der Waals surface area contributed by atoms with Crippen LogP contribution < -0.4 is 20.3 Å². The number of nitrogens with one attached hydrogen (secondary N) is 3. The maximum Gasteiger partial charge on any atom is 0.247 e. The molecule has 9 nitrogen and oxygen atoms in total. The molecule has 0 bridgehead atoms.